The van der Waals surface area contributed by atoms with Gasteiger partial charge in [0, 0.05) is 38.8 Å². The van der Waals surface area contributed by atoms with E-state index >= 15 is 0 Å². The van der Waals surface area contributed by atoms with Gasteiger partial charge in [-0.3, -0.25) is 4.90 Å². The van der Waals surface area contributed by atoms with Gasteiger partial charge in [0.05, 0.1) is 6.61 Å². The van der Waals surface area contributed by atoms with Crippen LogP contribution >= 0.6 is 0 Å². The number of unbranched alkanes of at least 4 members (excludes halogenated alkanes) is 1. The molecule has 0 unspecified atom stereocenters. The molecule has 1 rings (SSSR count). The molecule has 0 amide bonds. The van der Waals surface area contributed by atoms with Gasteiger partial charge in [0.25, 0.3) is 0 Å². The SMILES string of the molecule is CCCCOCCN1CCN[C@@H](C)C1. The molecule has 0 aromatic carbocycles. The van der Waals surface area contributed by atoms with E-state index in [2.05, 4.69) is 24.1 Å². The van der Waals surface area contributed by atoms with E-state index < -0.39 is 0 Å². The van der Waals surface area contributed by atoms with Crippen molar-refractivity contribution in [3.8, 4) is 0 Å². The van der Waals surface area contributed by atoms with Gasteiger partial charge < -0.3 is 10.1 Å². The zero-order valence-electron chi connectivity index (χ0n) is 9.59. The molecule has 0 radical (unpaired) electrons. The van der Waals surface area contributed by atoms with Crippen molar-refractivity contribution >= 4 is 0 Å². The Morgan fingerprint density at radius 2 is 2.29 bits per heavy atom. The number of nitrogens with one attached hydrogen (secondary N) is 1. The van der Waals surface area contributed by atoms with Crippen LogP contribution in [0.25, 0.3) is 0 Å². The van der Waals surface area contributed by atoms with E-state index in [-0.39, 0.29) is 0 Å². The van der Waals surface area contributed by atoms with Gasteiger partial charge in [-0.2, -0.15) is 0 Å². The Morgan fingerprint density at radius 3 is 3.00 bits per heavy atom. The van der Waals surface area contributed by atoms with Crippen molar-refractivity contribution in [2.24, 2.45) is 0 Å². The standard InChI is InChI=1S/C11H24N2O/c1-3-4-8-14-9-7-13-6-5-12-11(2)10-13/h11-12H,3-10H2,1-2H3/t11-/m0/s1. The number of hydrogen-bond acceptors (Lipinski definition) is 3. The summed E-state index contributed by atoms with van der Waals surface area (Å²) in [5.74, 6) is 0. The van der Waals surface area contributed by atoms with Gasteiger partial charge in [0.1, 0.15) is 0 Å². The third kappa shape index (κ3) is 4.94. The molecule has 0 bridgehead atoms. The Balaban J connectivity index is 1.95. The number of ether oxygens (including phenoxy) is 1. The summed E-state index contributed by atoms with van der Waals surface area (Å²) in [4.78, 5) is 2.48. The summed E-state index contributed by atoms with van der Waals surface area (Å²) in [7, 11) is 0. The molecular formula is C11H24N2O. The van der Waals surface area contributed by atoms with Crippen molar-refractivity contribution in [2.75, 3.05) is 39.4 Å². The molecule has 0 aromatic rings. The lowest BCUT2D eigenvalue weighted by Crippen LogP contribution is -2.49. The highest BCUT2D eigenvalue weighted by molar-refractivity contribution is 4.74. The first-order valence-electron chi connectivity index (χ1n) is 5.86. The lowest BCUT2D eigenvalue weighted by molar-refractivity contribution is 0.0914. The van der Waals surface area contributed by atoms with E-state index in [1.54, 1.807) is 0 Å². The molecule has 1 atom stereocenters. The molecule has 1 fully saturated rings. The summed E-state index contributed by atoms with van der Waals surface area (Å²) in [6, 6.07) is 0.638. The molecule has 14 heavy (non-hydrogen) atoms. The van der Waals surface area contributed by atoms with Crippen LogP contribution in [-0.4, -0.2) is 50.3 Å². The van der Waals surface area contributed by atoms with Crippen LogP contribution in [0.5, 0.6) is 0 Å². The first-order valence-corrected chi connectivity index (χ1v) is 5.86. The molecule has 3 heteroatoms. The third-order valence-corrected chi connectivity index (χ3v) is 2.65. The molecule has 0 saturated carbocycles. The zero-order valence-corrected chi connectivity index (χ0v) is 9.59. The minimum Gasteiger partial charge on any atom is -0.380 e. The Morgan fingerprint density at radius 1 is 1.43 bits per heavy atom. The van der Waals surface area contributed by atoms with Crippen LogP contribution in [0.1, 0.15) is 26.7 Å². The second-order valence-electron chi connectivity index (χ2n) is 4.12. The molecule has 1 N–H and O–H groups in total. The molecule has 1 aliphatic rings. The first-order chi connectivity index (χ1) is 6.83. The van der Waals surface area contributed by atoms with Crippen LogP contribution in [0.15, 0.2) is 0 Å². The Labute approximate surface area is 87.8 Å². The Hall–Kier alpha value is -0.120. The molecule has 84 valence electrons. The number of piperazine rings is 1. The van der Waals surface area contributed by atoms with Crippen LogP contribution in [0, 0.1) is 0 Å². The predicted octanol–water partition coefficient (Wildman–Crippen LogP) is 1.10. The topological polar surface area (TPSA) is 24.5 Å². The van der Waals surface area contributed by atoms with Gasteiger partial charge in [-0.15, -0.1) is 0 Å². The highest BCUT2D eigenvalue weighted by Gasteiger charge is 2.14. The average Bonchev–Trinajstić information content (AvgIpc) is 2.18. The first kappa shape index (κ1) is 12.0. The summed E-state index contributed by atoms with van der Waals surface area (Å²) < 4.78 is 5.55. The van der Waals surface area contributed by atoms with Gasteiger partial charge in [-0.25, -0.2) is 0 Å². The molecule has 0 spiro atoms. The number of rotatable bonds is 6. The predicted molar refractivity (Wildman–Crippen MR) is 59.6 cm³/mol. The summed E-state index contributed by atoms with van der Waals surface area (Å²) in [6.07, 6.45) is 2.42. The normalized spacial score (nSPS) is 24.0. The molecule has 1 saturated heterocycles. The second-order valence-corrected chi connectivity index (χ2v) is 4.12. The lowest BCUT2D eigenvalue weighted by atomic mass is 10.2. The fourth-order valence-corrected chi connectivity index (χ4v) is 1.76. The van der Waals surface area contributed by atoms with Crippen LogP contribution in [-0.2, 0) is 4.74 Å². The van der Waals surface area contributed by atoms with Crippen LogP contribution in [0.2, 0.25) is 0 Å². The molecule has 0 aliphatic carbocycles. The van der Waals surface area contributed by atoms with E-state index in [4.69, 9.17) is 4.74 Å². The van der Waals surface area contributed by atoms with Crippen LogP contribution in [0.3, 0.4) is 0 Å². The van der Waals surface area contributed by atoms with Crippen molar-refractivity contribution < 1.29 is 4.74 Å². The van der Waals surface area contributed by atoms with Gasteiger partial charge in [0.15, 0.2) is 0 Å². The zero-order chi connectivity index (χ0) is 10.2. The maximum absolute atomic E-state index is 5.55. The van der Waals surface area contributed by atoms with Crippen LogP contribution < -0.4 is 5.32 Å². The highest BCUT2D eigenvalue weighted by atomic mass is 16.5. The fourth-order valence-electron chi connectivity index (χ4n) is 1.76. The Bertz CT molecular complexity index is 141. The largest absolute Gasteiger partial charge is 0.380 e. The van der Waals surface area contributed by atoms with Crippen molar-refractivity contribution in [1.29, 1.82) is 0 Å². The minimum atomic E-state index is 0.638. The van der Waals surface area contributed by atoms with Crippen LogP contribution in [0.4, 0.5) is 0 Å². The van der Waals surface area contributed by atoms with Gasteiger partial charge in [0.2, 0.25) is 0 Å². The van der Waals surface area contributed by atoms with Gasteiger partial charge in [-0.1, -0.05) is 13.3 Å². The minimum absolute atomic E-state index is 0.638. The molecule has 0 aromatic heterocycles. The maximum atomic E-state index is 5.55. The summed E-state index contributed by atoms with van der Waals surface area (Å²) in [5.41, 5.74) is 0. The smallest absolute Gasteiger partial charge is 0.0593 e. The van der Waals surface area contributed by atoms with E-state index in [1.165, 1.54) is 19.4 Å². The molecule has 3 nitrogen and oxygen atoms in total. The molecule has 1 aliphatic heterocycles. The Kier molecular flexibility index (Phi) is 6.15. The fraction of sp³-hybridized carbons (Fsp3) is 1.00. The number of nitrogens with zero attached hydrogens (tertiary/aromatic N) is 1. The molecule has 1 heterocycles. The summed E-state index contributed by atoms with van der Waals surface area (Å²) in [5, 5.41) is 3.44. The van der Waals surface area contributed by atoms with E-state index in [0.29, 0.717) is 6.04 Å². The van der Waals surface area contributed by atoms with Gasteiger partial charge >= 0.3 is 0 Å². The van der Waals surface area contributed by atoms with Crippen molar-refractivity contribution in [3.63, 3.8) is 0 Å². The van der Waals surface area contributed by atoms with E-state index in [9.17, 15) is 0 Å². The third-order valence-electron chi connectivity index (χ3n) is 2.65. The molecular weight excluding hydrogens is 176 g/mol. The monoisotopic (exact) mass is 200 g/mol. The second kappa shape index (κ2) is 7.21. The average molecular weight is 200 g/mol. The lowest BCUT2D eigenvalue weighted by Gasteiger charge is -2.31. The van der Waals surface area contributed by atoms with E-state index in [0.717, 1.165) is 32.8 Å². The van der Waals surface area contributed by atoms with Gasteiger partial charge in [-0.05, 0) is 13.3 Å². The number of hydrogen-bond donors (Lipinski definition) is 1. The van der Waals surface area contributed by atoms with Crippen molar-refractivity contribution in [1.82, 2.24) is 10.2 Å². The maximum Gasteiger partial charge on any atom is 0.0593 e. The summed E-state index contributed by atoms with van der Waals surface area (Å²) in [6.45, 7) is 10.8. The highest BCUT2D eigenvalue weighted by Crippen LogP contribution is 1.98. The van der Waals surface area contributed by atoms with E-state index in [1.807, 2.05) is 0 Å². The quantitative estimate of drug-likeness (QED) is 0.650. The van der Waals surface area contributed by atoms with Crippen molar-refractivity contribution in [2.45, 2.75) is 32.7 Å². The van der Waals surface area contributed by atoms with Crippen molar-refractivity contribution in [3.05, 3.63) is 0 Å². The summed E-state index contributed by atoms with van der Waals surface area (Å²) >= 11 is 0.